The lowest BCUT2D eigenvalue weighted by atomic mass is 10.4. The second-order valence-electron chi connectivity index (χ2n) is 3.76. The third-order valence-corrected chi connectivity index (χ3v) is 3.75. The van der Waals surface area contributed by atoms with Gasteiger partial charge in [-0.2, -0.15) is 0 Å². The Labute approximate surface area is 85.7 Å². The van der Waals surface area contributed by atoms with Crippen molar-refractivity contribution in [2.75, 3.05) is 6.54 Å². The zero-order valence-electron chi connectivity index (χ0n) is 7.62. The molecule has 2 aliphatic rings. The first kappa shape index (κ1) is 8.38. The van der Waals surface area contributed by atoms with Gasteiger partial charge in [-0.3, -0.25) is 10.1 Å². The Hall–Kier alpha value is -0.940. The maximum Gasteiger partial charge on any atom is 0.235 e. The summed E-state index contributed by atoms with van der Waals surface area (Å²) in [5, 5.41) is 7.19. The highest BCUT2D eigenvalue weighted by Gasteiger charge is 2.29. The number of aromatic nitrogens is 1. The van der Waals surface area contributed by atoms with Crippen molar-refractivity contribution in [3.05, 3.63) is 16.1 Å². The van der Waals surface area contributed by atoms with Crippen molar-refractivity contribution in [2.24, 2.45) is 0 Å². The van der Waals surface area contributed by atoms with E-state index < -0.39 is 0 Å². The lowest BCUT2D eigenvalue weighted by Crippen LogP contribution is -2.21. The molecule has 14 heavy (non-hydrogen) atoms. The van der Waals surface area contributed by atoms with Crippen LogP contribution in [0.1, 0.15) is 34.8 Å². The largest absolute Gasteiger partial charge is 0.335 e. The molecular weight excluding hydrogens is 198 g/mol. The summed E-state index contributed by atoms with van der Waals surface area (Å²) >= 11 is 1.71. The number of hydrogen-bond acceptors (Lipinski definition) is 4. The van der Waals surface area contributed by atoms with E-state index in [2.05, 4.69) is 15.6 Å². The molecule has 74 valence electrons. The highest BCUT2D eigenvalue weighted by atomic mass is 32.1. The molecule has 1 saturated carbocycles. The van der Waals surface area contributed by atoms with E-state index in [4.69, 9.17) is 0 Å². The minimum absolute atomic E-state index is 0.00694. The first-order valence-corrected chi connectivity index (χ1v) is 5.63. The summed E-state index contributed by atoms with van der Waals surface area (Å²) in [6.45, 7) is 0.418. The van der Waals surface area contributed by atoms with Gasteiger partial charge in [0.15, 0.2) is 0 Å². The van der Waals surface area contributed by atoms with E-state index >= 15 is 0 Å². The molecule has 1 aliphatic heterocycles. The molecule has 1 amide bonds. The second-order valence-corrected chi connectivity index (χ2v) is 4.85. The van der Waals surface area contributed by atoms with Crippen molar-refractivity contribution < 1.29 is 4.79 Å². The molecule has 1 aromatic rings. The Morgan fingerprint density at radius 3 is 3.00 bits per heavy atom. The molecule has 2 N–H and O–H groups in total. The molecule has 1 saturated heterocycles. The summed E-state index contributed by atoms with van der Waals surface area (Å²) in [6, 6.07) is 0. The van der Waals surface area contributed by atoms with Gasteiger partial charge < -0.3 is 5.32 Å². The maximum absolute atomic E-state index is 11.0. The molecule has 2 fully saturated rings. The van der Waals surface area contributed by atoms with Gasteiger partial charge in [0, 0.05) is 12.1 Å². The number of amides is 1. The van der Waals surface area contributed by atoms with Crippen molar-refractivity contribution >= 4 is 17.2 Å². The Bertz CT molecular complexity index is 372. The number of nitrogens with zero attached hydrogens (tertiary/aromatic N) is 1. The number of carbonyl (C=O) groups is 1. The quantitative estimate of drug-likeness (QED) is 0.755. The molecule has 1 aromatic heterocycles. The number of carbonyl (C=O) groups excluding carboxylic acids is 1. The highest BCUT2D eigenvalue weighted by molar-refractivity contribution is 7.11. The Morgan fingerprint density at radius 2 is 2.36 bits per heavy atom. The van der Waals surface area contributed by atoms with E-state index in [1.807, 2.05) is 6.20 Å². The number of hydrogen-bond donors (Lipinski definition) is 2. The second kappa shape index (κ2) is 3.03. The molecule has 4 nitrogen and oxygen atoms in total. The summed E-state index contributed by atoms with van der Waals surface area (Å²) in [4.78, 5) is 16.5. The van der Waals surface area contributed by atoms with Crippen LogP contribution < -0.4 is 10.6 Å². The van der Waals surface area contributed by atoms with Gasteiger partial charge in [0.1, 0.15) is 6.17 Å². The minimum Gasteiger partial charge on any atom is -0.335 e. The van der Waals surface area contributed by atoms with E-state index in [1.165, 1.54) is 17.8 Å². The van der Waals surface area contributed by atoms with Crippen molar-refractivity contribution in [3.63, 3.8) is 0 Å². The third kappa shape index (κ3) is 1.42. The molecule has 0 spiro atoms. The summed E-state index contributed by atoms with van der Waals surface area (Å²) in [5.41, 5.74) is 0. The van der Waals surface area contributed by atoms with Crippen molar-refractivity contribution in [2.45, 2.75) is 24.9 Å². The van der Waals surface area contributed by atoms with Gasteiger partial charge in [-0.1, -0.05) is 0 Å². The summed E-state index contributed by atoms with van der Waals surface area (Å²) in [5.74, 6) is 0.766. The van der Waals surface area contributed by atoms with Gasteiger partial charge in [0.25, 0.3) is 0 Å². The van der Waals surface area contributed by atoms with Crippen molar-refractivity contribution in [1.29, 1.82) is 0 Å². The number of nitrogens with one attached hydrogen (secondary N) is 2. The van der Waals surface area contributed by atoms with Gasteiger partial charge in [0.05, 0.1) is 16.4 Å². The standard InChI is InChI=1S/C9H11N3OS/c13-7-4-10-8(12-7)6-3-11-9(14-6)5-1-2-5/h3,5,8,10H,1-2,4H2,(H,12,13). The van der Waals surface area contributed by atoms with Gasteiger partial charge in [0.2, 0.25) is 5.91 Å². The number of thiazole rings is 1. The smallest absolute Gasteiger partial charge is 0.235 e. The van der Waals surface area contributed by atoms with Crippen LogP contribution in [0.25, 0.3) is 0 Å². The van der Waals surface area contributed by atoms with E-state index in [9.17, 15) is 4.79 Å². The van der Waals surface area contributed by atoms with E-state index in [0.717, 1.165) is 4.88 Å². The predicted molar refractivity (Wildman–Crippen MR) is 53.0 cm³/mol. The van der Waals surface area contributed by atoms with E-state index in [0.29, 0.717) is 12.5 Å². The molecular formula is C9H11N3OS. The van der Waals surface area contributed by atoms with Crippen LogP contribution in [0.4, 0.5) is 0 Å². The molecule has 2 heterocycles. The van der Waals surface area contributed by atoms with Crippen molar-refractivity contribution in [3.8, 4) is 0 Å². The molecule has 5 heteroatoms. The van der Waals surface area contributed by atoms with Crippen LogP contribution in [-0.4, -0.2) is 17.4 Å². The Balaban J connectivity index is 1.78. The van der Waals surface area contributed by atoms with Gasteiger partial charge >= 0.3 is 0 Å². The van der Waals surface area contributed by atoms with E-state index in [-0.39, 0.29) is 12.1 Å². The van der Waals surface area contributed by atoms with Crippen LogP contribution >= 0.6 is 11.3 Å². The van der Waals surface area contributed by atoms with Gasteiger partial charge in [-0.15, -0.1) is 11.3 Å². The van der Waals surface area contributed by atoms with Gasteiger partial charge in [-0.25, -0.2) is 4.98 Å². The van der Waals surface area contributed by atoms with Crippen molar-refractivity contribution in [1.82, 2.24) is 15.6 Å². The fraction of sp³-hybridized carbons (Fsp3) is 0.556. The van der Waals surface area contributed by atoms with Crippen LogP contribution in [-0.2, 0) is 4.79 Å². The van der Waals surface area contributed by atoms with Crippen LogP contribution in [0.15, 0.2) is 6.20 Å². The molecule has 0 aromatic carbocycles. The first-order valence-electron chi connectivity index (χ1n) is 4.81. The lowest BCUT2D eigenvalue weighted by Gasteiger charge is -2.05. The average Bonchev–Trinajstić information content (AvgIpc) is 2.76. The van der Waals surface area contributed by atoms with Crippen LogP contribution in [0, 0.1) is 0 Å². The first-order chi connectivity index (χ1) is 6.83. The van der Waals surface area contributed by atoms with Gasteiger partial charge in [-0.05, 0) is 12.8 Å². The van der Waals surface area contributed by atoms with Crippen LogP contribution in [0.2, 0.25) is 0 Å². The fourth-order valence-corrected chi connectivity index (χ4v) is 2.70. The molecule has 0 radical (unpaired) electrons. The average molecular weight is 209 g/mol. The number of rotatable bonds is 2. The molecule has 1 unspecified atom stereocenters. The van der Waals surface area contributed by atoms with E-state index in [1.54, 1.807) is 11.3 Å². The lowest BCUT2D eigenvalue weighted by molar-refractivity contribution is -0.118. The Morgan fingerprint density at radius 1 is 1.50 bits per heavy atom. The zero-order chi connectivity index (χ0) is 9.54. The third-order valence-electron chi connectivity index (χ3n) is 2.52. The fourth-order valence-electron chi connectivity index (χ4n) is 1.58. The van der Waals surface area contributed by atoms with Crippen LogP contribution in [0.3, 0.4) is 0 Å². The molecule has 0 bridgehead atoms. The molecule has 1 atom stereocenters. The Kier molecular flexibility index (Phi) is 1.81. The normalized spacial score (nSPS) is 26.6. The highest BCUT2D eigenvalue weighted by Crippen LogP contribution is 2.42. The predicted octanol–water partition coefficient (Wildman–Crippen LogP) is 0.739. The summed E-state index contributed by atoms with van der Waals surface area (Å²) < 4.78 is 0. The molecule has 1 aliphatic carbocycles. The molecule has 3 rings (SSSR count). The minimum atomic E-state index is -0.00694. The topological polar surface area (TPSA) is 54.0 Å². The summed E-state index contributed by atoms with van der Waals surface area (Å²) in [6.07, 6.45) is 4.42. The zero-order valence-corrected chi connectivity index (χ0v) is 8.43. The monoisotopic (exact) mass is 209 g/mol. The SMILES string of the molecule is O=C1CNC(c2cnc(C3CC3)s2)N1. The summed E-state index contributed by atoms with van der Waals surface area (Å²) in [7, 11) is 0. The van der Waals surface area contributed by atoms with Crippen LogP contribution in [0.5, 0.6) is 0 Å². The maximum atomic E-state index is 11.0.